The van der Waals surface area contributed by atoms with Crippen LogP contribution in [0.5, 0.6) is 5.75 Å². The van der Waals surface area contributed by atoms with Gasteiger partial charge in [0, 0.05) is 10.9 Å². The van der Waals surface area contributed by atoms with E-state index in [1.165, 1.54) is 0 Å². The fourth-order valence-corrected chi connectivity index (χ4v) is 3.01. The lowest BCUT2D eigenvalue weighted by molar-refractivity contribution is 0.0201. The summed E-state index contributed by atoms with van der Waals surface area (Å²) in [5, 5.41) is 0.772. The molecule has 0 atom stereocenters. The monoisotopic (exact) mass is 384 g/mol. The van der Waals surface area contributed by atoms with Crippen LogP contribution in [0.4, 0.5) is 0 Å². The molecule has 0 unspecified atom stereocenters. The van der Waals surface area contributed by atoms with Gasteiger partial charge in [-0.1, -0.05) is 66.7 Å². The summed E-state index contributed by atoms with van der Waals surface area (Å²) < 4.78 is 5.55. The van der Waals surface area contributed by atoms with Crippen LogP contribution in [0.3, 0.4) is 0 Å². The van der Waals surface area contributed by atoms with E-state index in [0.29, 0.717) is 12.2 Å². The molecule has 1 aromatic heterocycles. The minimum absolute atomic E-state index is 0.231. The quantitative estimate of drug-likeness (QED) is 0.372. The Balaban J connectivity index is 1.46. The van der Waals surface area contributed by atoms with E-state index in [2.05, 4.69) is 5.48 Å². The van der Waals surface area contributed by atoms with Crippen molar-refractivity contribution in [3.63, 3.8) is 0 Å². The minimum Gasteiger partial charge on any atom is -0.491 e. The first-order valence-corrected chi connectivity index (χ1v) is 9.36. The number of rotatable bonds is 7. The molecule has 0 spiro atoms. The number of para-hydroxylation sites is 2. The number of hydrogen-bond donors (Lipinski definition) is 1. The second kappa shape index (κ2) is 8.99. The van der Waals surface area contributed by atoms with Crippen molar-refractivity contribution in [2.75, 3.05) is 13.2 Å². The summed E-state index contributed by atoms with van der Waals surface area (Å²) in [6, 6.07) is 28.6. The lowest BCUT2D eigenvalue weighted by atomic mass is 10.0. The topological polar surface area (TPSA) is 60.5 Å². The zero-order valence-electron chi connectivity index (χ0n) is 15.7. The molecule has 0 aliphatic heterocycles. The van der Waals surface area contributed by atoms with E-state index in [4.69, 9.17) is 14.6 Å². The molecule has 0 aliphatic rings. The summed E-state index contributed by atoms with van der Waals surface area (Å²) in [5.74, 6) is 0.440. The van der Waals surface area contributed by atoms with Crippen LogP contribution in [-0.2, 0) is 4.84 Å². The van der Waals surface area contributed by atoms with Crippen molar-refractivity contribution in [3.8, 4) is 17.0 Å². The molecule has 5 nitrogen and oxygen atoms in total. The average molecular weight is 384 g/mol. The zero-order valence-corrected chi connectivity index (χ0v) is 15.7. The summed E-state index contributed by atoms with van der Waals surface area (Å²) in [6.45, 7) is 0.561. The molecular weight excluding hydrogens is 364 g/mol. The number of carbonyl (C=O) groups is 1. The van der Waals surface area contributed by atoms with Crippen molar-refractivity contribution in [1.82, 2.24) is 10.5 Å². The molecule has 0 aliphatic carbocycles. The molecule has 0 saturated heterocycles. The highest BCUT2D eigenvalue weighted by Crippen LogP contribution is 2.24. The van der Waals surface area contributed by atoms with Crippen LogP contribution in [-0.4, -0.2) is 24.1 Å². The third-order valence-corrected chi connectivity index (χ3v) is 4.39. The van der Waals surface area contributed by atoms with Gasteiger partial charge in [0.25, 0.3) is 5.91 Å². The number of carbonyl (C=O) groups excluding carboxylic acids is 1. The molecule has 3 aromatic carbocycles. The SMILES string of the molecule is O=C(NOCCOc1ccccc1)c1cc(-c2ccccc2)nc2ccccc12. The van der Waals surface area contributed by atoms with E-state index >= 15 is 0 Å². The van der Waals surface area contributed by atoms with Crippen LogP contribution in [0.1, 0.15) is 10.4 Å². The van der Waals surface area contributed by atoms with Gasteiger partial charge >= 0.3 is 0 Å². The van der Waals surface area contributed by atoms with Crippen LogP contribution in [0.25, 0.3) is 22.2 Å². The molecule has 4 aromatic rings. The van der Waals surface area contributed by atoms with Gasteiger partial charge in [0.15, 0.2) is 0 Å². The van der Waals surface area contributed by atoms with Gasteiger partial charge in [-0.05, 0) is 24.3 Å². The summed E-state index contributed by atoms with van der Waals surface area (Å²) in [6.07, 6.45) is 0. The number of fused-ring (bicyclic) bond motifs is 1. The van der Waals surface area contributed by atoms with E-state index < -0.39 is 0 Å². The van der Waals surface area contributed by atoms with Gasteiger partial charge in [-0.2, -0.15) is 0 Å². The highest BCUT2D eigenvalue weighted by molar-refractivity contribution is 6.06. The Bertz CT molecular complexity index is 1100. The van der Waals surface area contributed by atoms with Crippen molar-refractivity contribution < 1.29 is 14.4 Å². The maximum absolute atomic E-state index is 12.8. The maximum atomic E-state index is 12.8. The van der Waals surface area contributed by atoms with E-state index in [-0.39, 0.29) is 12.5 Å². The van der Waals surface area contributed by atoms with E-state index in [1.807, 2.05) is 84.9 Å². The number of amides is 1. The van der Waals surface area contributed by atoms with Crippen LogP contribution in [0.2, 0.25) is 0 Å². The Morgan fingerprint density at radius 3 is 2.31 bits per heavy atom. The molecule has 1 heterocycles. The Kier molecular flexibility index (Phi) is 5.78. The molecule has 1 N–H and O–H groups in total. The van der Waals surface area contributed by atoms with E-state index in [0.717, 1.165) is 27.9 Å². The first kappa shape index (κ1) is 18.7. The molecule has 29 heavy (non-hydrogen) atoms. The van der Waals surface area contributed by atoms with Gasteiger partial charge in [0.05, 0.1) is 16.8 Å². The Hall–Kier alpha value is -3.70. The second-order valence-corrected chi connectivity index (χ2v) is 6.38. The molecule has 144 valence electrons. The third kappa shape index (κ3) is 4.59. The zero-order chi connectivity index (χ0) is 19.9. The molecule has 0 fully saturated rings. The number of ether oxygens (including phenoxy) is 1. The summed E-state index contributed by atoms with van der Waals surface area (Å²) >= 11 is 0. The number of nitrogens with one attached hydrogen (secondary N) is 1. The molecule has 1 amide bonds. The number of hydroxylamine groups is 1. The lowest BCUT2D eigenvalue weighted by Crippen LogP contribution is -2.26. The van der Waals surface area contributed by atoms with Crippen molar-refractivity contribution in [1.29, 1.82) is 0 Å². The standard InChI is InChI=1S/C24H20N2O3/c27-24(26-29-16-15-28-19-11-5-2-6-12-19)21-17-23(18-9-3-1-4-10-18)25-22-14-8-7-13-20(21)22/h1-14,17H,15-16H2,(H,26,27). The number of benzene rings is 3. The minimum atomic E-state index is -0.319. The van der Waals surface area contributed by atoms with Crippen molar-refractivity contribution >= 4 is 16.8 Å². The van der Waals surface area contributed by atoms with Gasteiger partial charge in [0.2, 0.25) is 0 Å². The highest BCUT2D eigenvalue weighted by Gasteiger charge is 2.14. The largest absolute Gasteiger partial charge is 0.491 e. The molecule has 4 rings (SSSR count). The first-order chi connectivity index (χ1) is 14.3. The summed E-state index contributed by atoms with van der Waals surface area (Å²) in [7, 11) is 0. The Morgan fingerprint density at radius 1 is 0.828 bits per heavy atom. The smallest absolute Gasteiger partial charge is 0.275 e. The third-order valence-electron chi connectivity index (χ3n) is 4.39. The molecule has 0 saturated carbocycles. The van der Waals surface area contributed by atoms with Crippen LogP contribution < -0.4 is 10.2 Å². The van der Waals surface area contributed by atoms with Gasteiger partial charge in [-0.3, -0.25) is 9.63 Å². The summed E-state index contributed by atoms with van der Waals surface area (Å²) in [5.41, 5.74) is 5.46. The maximum Gasteiger partial charge on any atom is 0.275 e. The van der Waals surface area contributed by atoms with Crippen LogP contribution in [0, 0.1) is 0 Å². The predicted molar refractivity (Wildman–Crippen MR) is 113 cm³/mol. The number of hydrogen-bond acceptors (Lipinski definition) is 4. The second-order valence-electron chi connectivity index (χ2n) is 6.38. The lowest BCUT2D eigenvalue weighted by Gasteiger charge is -2.11. The van der Waals surface area contributed by atoms with E-state index in [1.54, 1.807) is 6.07 Å². The highest BCUT2D eigenvalue weighted by atomic mass is 16.7. The number of pyridine rings is 1. The van der Waals surface area contributed by atoms with Crippen molar-refractivity contribution in [2.24, 2.45) is 0 Å². The van der Waals surface area contributed by atoms with Gasteiger partial charge < -0.3 is 4.74 Å². The van der Waals surface area contributed by atoms with Gasteiger partial charge in [0.1, 0.15) is 19.0 Å². The Morgan fingerprint density at radius 2 is 1.52 bits per heavy atom. The Labute approximate surface area is 168 Å². The first-order valence-electron chi connectivity index (χ1n) is 9.36. The predicted octanol–water partition coefficient (Wildman–Crippen LogP) is 4.64. The normalized spacial score (nSPS) is 10.6. The average Bonchev–Trinajstić information content (AvgIpc) is 2.79. The van der Waals surface area contributed by atoms with Crippen molar-refractivity contribution in [2.45, 2.75) is 0 Å². The van der Waals surface area contributed by atoms with Gasteiger partial charge in [-0.15, -0.1) is 0 Å². The number of nitrogens with zero attached hydrogens (tertiary/aromatic N) is 1. The fourth-order valence-electron chi connectivity index (χ4n) is 3.01. The molecular formula is C24H20N2O3. The summed E-state index contributed by atoms with van der Waals surface area (Å²) in [4.78, 5) is 22.8. The molecule has 0 radical (unpaired) electrons. The van der Waals surface area contributed by atoms with Crippen LogP contribution in [0.15, 0.2) is 91.0 Å². The fraction of sp³-hybridized carbons (Fsp3) is 0.0833. The van der Waals surface area contributed by atoms with Gasteiger partial charge in [-0.25, -0.2) is 10.5 Å². The molecule has 5 heteroatoms. The van der Waals surface area contributed by atoms with Crippen LogP contribution >= 0.6 is 0 Å². The van der Waals surface area contributed by atoms with Crippen molar-refractivity contribution in [3.05, 3.63) is 96.6 Å². The van der Waals surface area contributed by atoms with E-state index in [9.17, 15) is 4.79 Å². The number of aromatic nitrogens is 1. The molecule has 0 bridgehead atoms.